The van der Waals surface area contributed by atoms with E-state index in [1.165, 1.54) is 6.20 Å². The van der Waals surface area contributed by atoms with E-state index in [1.54, 1.807) is 6.07 Å². The highest BCUT2D eigenvalue weighted by molar-refractivity contribution is 14.1. The standard InChI is InChI=1S/C8H9IN2O3S/c9-7-3-6(14-5-1-2-5)4-11-8(7)15(10,12)13/h3-5H,1-2H2,(H2,10,12,13). The van der Waals surface area contributed by atoms with Gasteiger partial charge in [0.1, 0.15) is 5.75 Å². The Hall–Kier alpha value is -0.410. The number of ether oxygens (including phenoxy) is 1. The van der Waals surface area contributed by atoms with Crippen LogP contribution in [0.4, 0.5) is 0 Å². The minimum atomic E-state index is -3.74. The van der Waals surface area contributed by atoms with Crippen molar-refractivity contribution in [3.8, 4) is 5.75 Å². The van der Waals surface area contributed by atoms with Crippen molar-refractivity contribution in [3.63, 3.8) is 0 Å². The monoisotopic (exact) mass is 340 g/mol. The lowest BCUT2D eigenvalue weighted by Gasteiger charge is -2.06. The van der Waals surface area contributed by atoms with Gasteiger partial charge in [0.05, 0.1) is 15.9 Å². The highest BCUT2D eigenvalue weighted by Gasteiger charge is 2.24. The van der Waals surface area contributed by atoms with E-state index in [0.29, 0.717) is 9.32 Å². The number of sulfonamides is 1. The quantitative estimate of drug-likeness (QED) is 0.828. The molecule has 1 aromatic heterocycles. The Balaban J connectivity index is 2.29. The summed E-state index contributed by atoms with van der Waals surface area (Å²) in [7, 11) is -3.74. The van der Waals surface area contributed by atoms with Crippen LogP contribution in [0, 0.1) is 3.57 Å². The number of hydrogen-bond donors (Lipinski definition) is 1. The number of nitrogens with two attached hydrogens (primary N) is 1. The number of primary sulfonamides is 1. The number of aromatic nitrogens is 1. The molecule has 2 N–H and O–H groups in total. The van der Waals surface area contributed by atoms with Gasteiger partial charge in [-0.25, -0.2) is 18.5 Å². The molecule has 5 nitrogen and oxygen atoms in total. The van der Waals surface area contributed by atoms with Crippen LogP contribution in [-0.2, 0) is 10.0 Å². The highest BCUT2D eigenvalue weighted by atomic mass is 127. The van der Waals surface area contributed by atoms with Gasteiger partial charge in [-0.3, -0.25) is 0 Å². The molecule has 0 radical (unpaired) electrons. The Bertz CT molecular complexity index is 485. The molecule has 15 heavy (non-hydrogen) atoms. The van der Waals surface area contributed by atoms with Crippen LogP contribution in [0.3, 0.4) is 0 Å². The van der Waals surface area contributed by atoms with Gasteiger partial charge in [-0.2, -0.15) is 0 Å². The van der Waals surface area contributed by atoms with Crippen molar-refractivity contribution in [2.75, 3.05) is 0 Å². The van der Waals surface area contributed by atoms with Crippen LogP contribution in [0.2, 0.25) is 0 Å². The molecule has 0 aromatic carbocycles. The number of rotatable bonds is 3. The fraction of sp³-hybridized carbons (Fsp3) is 0.375. The summed E-state index contributed by atoms with van der Waals surface area (Å²) in [6.07, 6.45) is 3.75. The lowest BCUT2D eigenvalue weighted by atomic mass is 10.5. The zero-order valence-electron chi connectivity index (χ0n) is 7.68. The van der Waals surface area contributed by atoms with Crippen molar-refractivity contribution in [2.24, 2.45) is 5.14 Å². The minimum Gasteiger partial charge on any atom is -0.489 e. The van der Waals surface area contributed by atoms with E-state index in [1.807, 2.05) is 22.6 Å². The van der Waals surface area contributed by atoms with Gasteiger partial charge in [0.15, 0.2) is 5.03 Å². The molecule has 0 unspecified atom stereocenters. The lowest BCUT2D eigenvalue weighted by molar-refractivity contribution is 0.301. The van der Waals surface area contributed by atoms with Gasteiger partial charge in [-0.1, -0.05) is 0 Å². The van der Waals surface area contributed by atoms with Gasteiger partial charge in [0, 0.05) is 0 Å². The molecule has 1 fully saturated rings. The fourth-order valence-electron chi connectivity index (χ4n) is 1.06. The molecule has 7 heteroatoms. The van der Waals surface area contributed by atoms with E-state index < -0.39 is 10.0 Å². The van der Waals surface area contributed by atoms with Crippen LogP contribution in [0.5, 0.6) is 5.75 Å². The molecule has 0 bridgehead atoms. The predicted molar refractivity (Wildman–Crippen MR) is 62.0 cm³/mol. The van der Waals surface area contributed by atoms with Gasteiger partial charge in [0.2, 0.25) is 0 Å². The second-order valence-corrected chi connectivity index (χ2v) is 5.96. The van der Waals surface area contributed by atoms with Crippen LogP contribution < -0.4 is 9.88 Å². The van der Waals surface area contributed by atoms with Crippen molar-refractivity contribution in [3.05, 3.63) is 15.8 Å². The van der Waals surface area contributed by atoms with Gasteiger partial charge in [-0.05, 0) is 41.5 Å². The van der Waals surface area contributed by atoms with Crippen molar-refractivity contribution < 1.29 is 13.2 Å². The maximum atomic E-state index is 11.1. The van der Waals surface area contributed by atoms with E-state index in [0.717, 1.165) is 12.8 Å². The second-order valence-electron chi connectivity index (χ2n) is 3.32. The molecule has 0 spiro atoms. The van der Waals surface area contributed by atoms with Crippen molar-refractivity contribution in [1.82, 2.24) is 4.98 Å². The first-order chi connectivity index (χ1) is 6.97. The molecule has 0 aliphatic heterocycles. The molecule has 1 aliphatic carbocycles. The van der Waals surface area contributed by atoms with Gasteiger partial charge >= 0.3 is 0 Å². The summed E-state index contributed by atoms with van der Waals surface area (Å²) in [5.74, 6) is 0.592. The molecule has 0 amide bonds. The summed E-state index contributed by atoms with van der Waals surface area (Å²) >= 11 is 1.88. The molecule has 1 aliphatic rings. The fourth-order valence-corrected chi connectivity index (χ4v) is 2.96. The Morgan fingerprint density at radius 3 is 2.67 bits per heavy atom. The van der Waals surface area contributed by atoms with E-state index in [9.17, 15) is 8.42 Å². The summed E-state index contributed by atoms with van der Waals surface area (Å²) in [6, 6.07) is 1.63. The Labute approximate surface area is 101 Å². The first-order valence-electron chi connectivity index (χ1n) is 4.32. The molecule has 1 heterocycles. The molecule has 1 saturated carbocycles. The van der Waals surface area contributed by atoms with Crippen molar-refractivity contribution in [2.45, 2.75) is 24.0 Å². The van der Waals surface area contributed by atoms with E-state index in [4.69, 9.17) is 9.88 Å². The molecule has 0 atom stereocenters. The van der Waals surface area contributed by atoms with E-state index >= 15 is 0 Å². The zero-order valence-corrected chi connectivity index (χ0v) is 10.7. The molecule has 1 aromatic rings. The minimum absolute atomic E-state index is 0.105. The molecular weight excluding hydrogens is 331 g/mol. The Morgan fingerprint density at radius 1 is 1.53 bits per heavy atom. The third kappa shape index (κ3) is 2.79. The summed E-state index contributed by atoms with van der Waals surface area (Å²) in [6.45, 7) is 0. The normalized spacial score (nSPS) is 16.4. The summed E-state index contributed by atoms with van der Waals surface area (Å²) in [5, 5.41) is 4.88. The third-order valence-corrected chi connectivity index (χ3v) is 3.93. The summed E-state index contributed by atoms with van der Waals surface area (Å²) in [4.78, 5) is 3.78. The summed E-state index contributed by atoms with van der Waals surface area (Å²) in [5.41, 5.74) is 0. The van der Waals surface area contributed by atoms with Crippen LogP contribution in [0.25, 0.3) is 0 Å². The second kappa shape index (κ2) is 3.87. The molecule has 2 rings (SSSR count). The zero-order chi connectivity index (χ0) is 11.1. The number of halogens is 1. The molecule has 0 saturated heterocycles. The Kier molecular flexibility index (Phi) is 2.86. The third-order valence-electron chi connectivity index (χ3n) is 1.88. The van der Waals surface area contributed by atoms with E-state index in [2.05, 4.69) is 4.98 Å². The van der Waals surface area contributed by atoms with Crippen LogP contribution in [0.1, 0.15) is 12.8 Å². The lowest BCUT2D eigenvalue weighted by Crippen LogP contribution is -2.15. The van der Waals surface area contributed by atoms with E-state index in [-0.39, 0.29) is 11.1 Å². The SMILES string of the molecule is NS(=O)(=O)c1ncc(OC2CC2)cc1I. The average Bonchev–Trinajstić information content (AvgIpc) is 2.85. The number of nitrogens with zero attached hydrogens (tertiary/aromatic N) is 1. The maximum Gasteiger partial charge on any atom is 0.256 e. The largest absolute Gasteiger partial charge is 0.489 e. The summed E-state index contributed by atoms with van der Waals surface area (Å²) < 4.78 is 28.1. The molecule has 82 valence electrons. The van der Waals surface area contributed by atoms with Crippen molar-refractivity contribution >= 4 is 32.6 Å². The maximum absolute atomic E-state index is 11.1. The first-order valence-corrected chi connectivity index (χ1v) is 6.94. The van der Waals surface area contributed by atoms with Gasteiger partial charge in [0.25, 0.3) is 10.0 Å². The van der Waals surface area contributed by atoms with Crippen molar-refractivity contribution in [1.29, 1.82) is 0 Å². The van der Waals surface area contributed by atoms with Gasteiger partial charge in [-0.15, -0.1) is 0 Å². The Morgan fingerprint density at radius 2 is 2.20 bits per heavy atom. The first kappa shape index (κ1) is 11.1. The number of hydrogen-bond acceptors (Lipinski definition) is 4. The smallest absolute Gasteiger partial charge is 0.256 e. The van der Waals surface area contributed by atoms with Gasteiger partial charge < -0.3 is 4.74 Å². The topological polar surface area (TPSA) is 82.3 Å². The molecular formula is C8H9IN2O3S. The highest BCUT2D eigenvalue weighted by Crippen LogP contribution is 2.28. The van der Waals surface area contributed by atoms with Crippen LogP contribution >= 0.6 is 22.6 Å². The van der Waals surface area contributed by atoms with Crippen LogP contribution in [0.15, 0.2) is 17.3 Å². The average molecular weight is 340 g/mol. The van der Waals surface area contributed by atoms with Crippen LogP contribution in [-0.4, -0.2) is 19.5 Å². The predicted octanol–water partition coefficient (Wildman–Crippen LogP) is 0.875. The number of pyridine rings is 1.